The lowest BCUT2D eigenvalue weighted by Crippen LogP contribution is -2.86. The Hall–Kier alpha value is -1.85. The number of hydrogen-bond acceptors (Lipinski definition) is 3. The first kappa shape index (κ1) is 18.9. The largest absolute Gasteiger partial charge is 0.462 e. The van der Waals surface area contributed by atoms with Gasteiger partial charge in [-0.2, -0.15) is 0 Å². The van der Waals surface area contributed by atoms with Gasteiger partial charge in [0.1, 0.15) is 12.0 Å². The van der Waals surface area contributed by atoms with Crippen molar-refractivity contribution in [2.45, 2.75) is 57.2 Å². The molecule has 160 valence electrons. The Kier molecular flexibility index (Phi) is 4.30. The van der Waals surface area contributed by atoms with Gasteiger partial charge in [0.2, 0.25) is 0 Å². The van der Waals surface area contributed by atoms with Gasteiger partial charge in [-0.15, -0.1) is 0 Å². The fourth-order valence-electron chi connectivity index (χ4n) is 7.12. The number of ether oxygens (including phenoxy) is 2. The van der Waals surface area contributed by atoms with Gasteiger partial charge in [-0.05, 0) is 55.1 Å². The second-order valence-corrected chi connectivity index (χ2v) is 10.5. The minimum atomic E-state index is 0.0419. The van der Waals surface area contributed by atoms with E-state index in [1.807, 2.05) is 0 Å². The minimum absolute atomic E-state index is 0.0419. The van der Waals surface area contributed by atoms with Gasteiger partial charge in [0.25, 0.3) is 0 Å². The van der Waals surface area contributed by atoms with Crippen molar-refractivity contribution in [3.05, 3.63) is 36.0 Å². The summed E-state index contributed by atoms with van der Waals surface area (Å²) in [5.74, 6) is 1.06. The maximum atomic E-state index is 12.7. The molecule has 1 aromatic carbocycles. The predicted octanol–water partition coefficient (Wildman–Crippen LogP) is 2.80. The summed E-state index contributed by atoms with van der Waals surface area (Å²) in [6.45, 7) is 5.20. The molecule has 2 aliphatic heterocycles. The van der Waals surface area contributed by atoms with Crippen molar-refractivity contribution >= 4 is 16.9 Å². The van der Waals surface area contributed by atoms with E-state index in [4.69, 9.17) is 9.47 Å². The topological polar surface area (TPSA) is 71.2 Å². The Morgan fingerprint density at radius 3 is 3.00 bits per heavy atom. The summed E-state index contributed by atoms with van der Waals surface area (Å²) in [4.78, 5) is 16.1. The van der Waals surface area contributed by atoms with E-state index >= 15 is 0 Å². The first-order valence-electron chi connectivity index (χ1n) is 11.8. The van der Waals surface area contributed by atoms with Gasteiger partial charge in [0, 0.05) is 29.4 Å². The van der Waals surface area contributed by atoms with Crippen LogP contribution in [-0.4, -0.2) is 42.4 Å². The molecule has 6 rings (SSSR count). The third kappa shape index (κ3) is 2.93. The number of hydrogen-bond donors (Lipinski definition) is 2. The first-order chi connectivity index (χ1) is 14.6. The zero-order valence-electron chi connectivity index (χ0n) is 17.9. The van der Waals surface area contributed by atoms with Crippen molar-refractivity contribution in [2.24, 2.45) is 23.2 Å². The molecule has 30 heavy (non-hydrogen) atoms. The summed E-state index contributed by atoms with van der Waals surface area (Å²) in [5.41, 5.74) is 2.97. The van der Waals surface area contributed by atoms with Crippen LogP contribution in [0.15, 0.2) is 30.5 Å². The van der Waals surface area contributed by atoms with Gasteiger partial charge in [0.15, 0.2) is 0 Å². The highest BCUT2D eigenvalue weighted by atomic mass is 16.6. The maximum absolute atomic E-state index is 12.7. The van der Waals surface area contributed by atoms with Gasteiger partial charge in [-0.1, -0.05) is 25.1 Å². The number of esters is 1. The molecule has 1 spiro atoms. The minimum Gasteiger partial charge on any atom is -0.462 e. The second kappa shape index (κ2) is 6.83. The van der Waals surface area contributed by atoms with E-state index in [0.717, 1.165) is 39.0 Å². The Morgan fingerprint density at radius 1 is 1.27 bits per heavy atom. The van der Waals surface area contributed by atoms with E-state index in [-0.39, 0.29) is 29.0 Å². The summed E-state index contributed by atoms with van der Waals surface area (Å²) >= 11 is 0. The monoisotopic (exact) mass is 409 g/mol. The second-order valence-electron chi connectivity index (χ2n) is 10.5. The predicted molar refractivity (Wildman–Crippen MR) is 114 cm³/mol. The van der Waals surface area contributed by atoms with E-state index in [1.54, 1.807) is 0 Å². The van der Waals surface area contributed by atoms with Crippen molar-refractivity contribution < 1.29 is 19.6 Å². The van der Waals surface area contributed by atoms with Crippen LogP contribution in [0.4, 0.5) is 0 Å². The molecule has 0 radical (unpaired) electrons. The van der Waals surface area contributed by atoms with Gasteiger partial charge in [0.05, 0.1) is 25.3 Å². The molecule has 6 atom stereocenters. The number of carbonyl (C=O) groups excluding carboxylic acids is 1. The fraction of sp³-hybridized carbons (Fsp3) is 0.640. The molecule has 0 unspecified atom stereocenters. The normalized spacial score (nSPS) is 39.7. The number of H-pyrrole nitrogens is 1. The zero-order valence-corrected chi connectivity index (χ0v) is 17.9. The molecular formula is C25H33N2O3+. The van der Waals surface area contributed by atoms with E-state index in [0.29, 0.717) is 11.8 Å². The SMILES string of the molecule is C[C@]12CCC[C@]3(CO3)[C@H]1C[C@H]1[C@@H](C2)OC(=O)[C@@H]1C[NH2+]CCc1c[nH]c2ccccc12. The van der Waals surface area contributed by atoms with Crippen LogP contribution in [0.3, 0.4) is 0 Å². The van der Waals surface area contributed by atoms with Crippen LogP contribution in [-0.2, 0) is 20.7 Å². The molecule has 2 aliphatic carbocycles. The van der Waals surface area contributed by atoms with Crippen molar-refractivity contribution in [2.75, 3.05) is 19.7 Å². The number of nitrogens with two attached hydrogens (primary N) is 1. The van der Waals surface area contributed by atoms with Crippen LogP contribution in [0.2, 0.25) is 0 Å². The lowest BCUT2D eigenvalue weighted by Gasteiger charge is -2.51. The van der Waals surface area contributed by atoms with Crippen molar-refractivity contribution in [1.82, 2.24) is 4.98 Å². The highest BCUT2D eigenvalue weighted by Crippen LogP contribution is 2.62. The molecule has 2 saturated heterocycles. The number of quaternary nitrogens is 1. The maximum Gasteiger partial charge on any atom is 0.315 e. The van der Waals surface area contributed by atoms with Gasteiger partial charge in [-0.25, -0.2) is 0 Å². The van der Waals surface area contributed by atoms with E-state index in [9.17, 15) is 4.79 Å². The lowest BCUT2D eigenvalue weighted by molar-refractivity contribution is -0.658. The number of para-hydroxylation sites is 1. The third-order valence-electron chi connectivity index (χ3n) is 8.79. The third-order valence-corrected chi connectivity index (χ3v) is 8.79. The number of benzene rings is 1. The molecule has 1 aromatic heterocycles. The summed E-state index contributed by atoms with van der Waals surface area (Å²) in [7, 11) is 0. The molecule has 2 saturated carbocycles. The Bertz CT molecular complexity index is 964. The fourth-order valence-corrected chi connectivity index (χ4v) is 7.12. The van der Waals surface area contributed by atoms with E-state index in [1.165, 1.54) is 35.7 Å². The molecular weight excluding hydrogens is 376 g/mol. The van der Waals surface area contributed by atoms with Crippen molar-refractivity contribution in [1.29, 1.82) is 0 Å². The molecule has 0 bridgehead atoms. The standard InChI is InChI=1S/C25H32N2O3/c1-24-8-4-9-25(15-29-25)22(24)11-18-19(23(28)30-21(18)12-24)14-26-10-7-16-13-27-20-6-3-2-5-17(16)20/h2-3,5-6,13,18-19,21-22,26-27H,4,7-12,14-15H2,1H3/p+1/t18-,19-,21-,22+,24-,25+/m1/s1. The Balaban J connectivity index is 1.10. The van der Waals surface area contributed by atoms with Crippen LogP contribution >= 0.6 is 0 Å². The summed E-state index contributed by atoms with van der Waals surface area (Å²) < 4.78 is 12.0. The van der Waals surface area contributed by atoms with Crippen LogP contribution in [0.25, 0.3) is 10.9 Å². The van der Waals surface area contributed by atoms with Crippen LogP contribution < -0.4 is 5.32 Å². The highest BCUT2D eigenvalue weighted by molar-refractivity contribution is 5.83. The molecule has 0 amide bonds. The highest BCUT2D eigenvalue weighted by Gasteiger charge is 2.65. The van der Waals surface area contributed by atoms with E-state index in [2.05, 4.69) is 47.7 Å². The molecule has 4 aliphatic rings. The van der Waals surface area contributed by atoms with Crippen LogP contribution in [0, 0.1) is 23.2 Å². The Morgan fingerprint density at radius 2 is 2.13 bits per heavy atom. The quantitative estimate of drug-likeness (QED) is 0.453. The number of epoxide rings is 1. The number of carbonyl (C=O) groups is 1. The van der Waals surface area contributed by atoms with Crippen molar-refractivity contribution in [3.63, 3.8) is 0 Å². The van der Waals surface area contributed by atoms with Crippen LogP contribution in [0.5, 0.6) is 0 Å². The summed E-state index contributed by atoms with van der Waals surface area (Å²) in [5, 5.41) is 3.64. The number of aromatic nitrogens is 1. The molecule has 2 aromatic rings. The van der Waals surface area contributed by atoms with Crippen LogP contribution in [0.1, 0.15) is 44.6 Å². The number of rotatable bonds is 5. The number of nitrogens with one attached hydrogen (secondary N) is 1. The van der Waals surface area contributed by atoms with E-state index < -0.39 is 0 Å². The smallest absolute Gasteiger partial charge is 0.315 e. The molecule has 4 fully saturated rings. The summed E-state index contributed by atoms with van der Waals surface area (Å²) in [6, 6.07) is 8.46. The van der Waals surface area contributed by atoms with Gasteiger partial charge < -0.3 is 19.8 Å². The number of fused-ring (bicyclic) bond motifs is 4. The molecule has 3 heterocycles. The molecule has 3 N–H and O–H groups in total. The molecule has 5 heteroatoms. The Labute approximate surface area is 177 Å². The zero-order chi connectivity index (χ0) is 20.3. The lowest BCUT2D eigenvalue weighted by atomic mass is 9.53. The first-order valence-corrected chi connectivity index (χ1v) is 11.8. The number of aromatic amines is 1. The molecule has 5 nitrogen and oxygen atoms in total. The van der Waals surface area contributed by atoms with Gasteiger partial charge >= 0.3 is 5.97 Å². The van der Waals surface area contributed by atoms with Gasteiger partial charge in [-0.3, -0.25) is 4.79 Å². The van der Waals surface area contributed by atoms with Crippen molar-refractivity contribution in [3.8, 4) is 0 Å². The summed E-state index contributed by atoms with van der Waals surface area (Å²) in [6.07, 6.45) is 9.11. The average molecular weight is 410 g/mol. The average Bonchev–Trinajstić information content (AvgIpc) is 3.27.